The van der Waals surface area contributed by atoms with Gasteiger partial charge in [0.1, 0.15) is 0 Å². The Morgan fingerprint density at radius 1 is 0.919 bits per heavy atom. The number of ether oxygens (including phenoxy) is 1. The maximum atomic E-state index is 10.6. The molecular weight excluding hydrogens is 458 g/mol. The SMILES string of the molecule is Cc1c(O)c(O)cc2c1C=CC1C2(C)CCC2(C)C3CC(C)(CN4CCOCC4)CCC3(C)CCC12C. The highest BCUT2D eigenvalue weighted by Crippen LogP contribution is 2.75. The molecular formula is C33H49NO3. The van der Waals surface area contributed by atoms with E-state index in [1.54, 1.807) is 0 Å². The molecule has 1 saturated heterocycles. The van der Waals surface area contributed by atoms with Crippen LogP contribution in [0.5, 0.6) is 11.5 Å². The zero-order chi connectivity index (χ0) is 26.4. The van der Waals surface area contributed by atoms with Gasteiger partial charge in [0.05, 0.1) is 13.2 Å². The monoisotopic (exact) mass is 507 g/mol. The second-order valence-electron chi connectivity index (χ2n) is 15.0. The van der Waals surface area contributed by atoms with E-state index < -0.39 is 0 Å². The fourth-order valence-electron chi connectivity index (χ4n) is 10.3. The third kappa shape index (κ3) is 3.53. The molecule has 0 bridgehead atoms. The molecule has 5 aliphatic rings. The van der Waals surface area contributed by atoms with E-state index in [4.69, 9.17) is 4.74 Å². The molecule has 0 spiro atoms. The number of hydrogen-bond acceptors (Lipinski definition) is 4. The molecule has 1 heterocycles. The lowest BCUT2D eigenvalue weighted by Gasteiger charge is -2.71. The molecule has 37 heavy (non-hydrogen) atoms. The summed E-state index contributed by atoms with van der Waals surface area (Å²) < 4.78 is 5.65. The molecule has 4 heteroatoms. The summed E-state index contributed by atoms with van der Waals surface area (Å²) in [5.41, 5.74) is 4.45. The van der Waals surface area contributed by atoms with Crippen LogP contribution in [0.3, 0.4) is 0 Å². The van der Waals surface area contributed by atoms with Gasteiger partial charge in [-0.3, -0.25) is 4.90 Å². The lowest BCUT2D eigenvalue weighted by Crippen LogP contribution is -2.65. The first-order chi connectivity index (χ1) is 17.4. The minimum Gasteiger partial charge on any atom is -0.504 e. The van der Waals surface area contributed by atoms with Gasteiger partial charge in [-0.2, -0.15) is 0 Å². The van der Waals surface area contributed by atoms with Gasteiger partial charge in [0.25, 0.3) is 0 Å². The number of hydrogen-bond donors (Lipinski definition) is 2. The van der Waals surface area contributed by atoms with Crippen LogP contribution in [0.4, 0.5) is 0 Å². The van der Waals surface area contributed by atoms with Crippen LogP contribution in [0, 0.1) is 40.4 Å². The third-order valence-electron chi connectivity index (χ3n) is 13.0. The molecule has 0 aromatic heterocycles. The number of phenols is 2. The molecule has 6 rings (SSSR count). The van der Waals surface area contributed by atoms with Crippen molar-refractivity contribution in [1.82, 2.24) is 4.90 Å². The molecule has 204 valence electrons. The topological polar surface area (TPSA) is 52.9 Å². The highest BCUT2D eigenvalue weighted by atomic mass is 16.5. The largest absolute Gasteiger partial charge is 0.504 e. The second kappa shape index (κ2) is 8.24. The normalized spacial score (nSPS) is 45.5. The van der Waals surface area contributed by atoms with Gasteiger partial charge in [-0.15, -0.1) is 0 Å². The average Bonchev–Trinajstić information content (AvgIpc) is 2.86. The third-order valence-corrected chi connectivity index (χ3v) is 13.0. The van der Waals surface area contributed by atoms with Gasteiger partial charge in [-0.05, 0) is 103 Å². The Balaban J connectivity index is 1.36. The molecule has 0 radical (unpaired) electrons. The van der Waals surface area contributed by atoms with Crippen molar-refractivity contribution >= 4 is 6.08 Å². The van der Waals surface area contributed by atoms with Gasteiger partial charge in [0, 0.05) is 30.6 Å². The first-order valence-electron chi connectivity index (χ1n) is 14.9. The molecule has 0 amide bonds. The molecule has 4 fully saturated rings. The van der Waals surface area contributed by atoms with Crippen LogP contribution in [0.15, 0.2) is 12.1 Å². The number of morpholine rings is 1. The van der Waals surface area contributed by atoms with Gasteiger partial charge < -0.3 is 14.9 Å². The molecule has 1 aliphatic heterocycles. The van der Waals surface area contributed by atoms with Crippen molar-refractivity contribution < 1.29 is 14.9 Å². The van der Waals surface area contributed by atoms with Crippen LogP contribution >= 0.6 is 0 Å². The van der Waals surface area contributed by atoms with Crippen molar-refractivity contribution in [2.45, 2.75) is 91.9 Å². The zero-order valence-corrected chi connectivity index (χ0v) is 24.1. The van der Waals surface area contributed by atoms with E-state index in [1.165, 1.54) is 50.6 Å². The van der Waals surface area contributed by atoms with Crippen LogP contribution in [0.25, 0.3) is 6.08 Å². The Morgan fingerprint density at radius 2 is 1.59 bits per heavy atom. The maximum absolute atomic E-state index is 10.6. The van der Waals surface area contributed by atoms with Crippen molar-refractivity contribution in [2.75, 3.05) is 32.8 Å². The molecule has 7 unspecified atom stereocenters. The predicted molar refractivity (Wildman–Crippen MR) is 150 cm³/mol. The first kappa shape index (κ1) is 25.7. The number of nitrogens with zero attached hydrogens (tertiary/aromatic N) is 1. The van der Waals surface area contributed by atoms with Crippen LogP contribution < -0.4 is 0 Å². The van der Waals surface area contributed by atoms with Crippen LogP contribution in [0.2, 0.25) is 0 Å². The van der Waals surface area contributed by atoms with Gasteiger partial charge in [0.2, 0.25) is 0 Å². The van der Waals surface area contributed by atoms with Gasteiger partial charge in [0.15, 0.2) is 11.5 Å². The standard InChI is InChI=1S/C33H49NO3/c1-22-23-7-8-26-31(4,24(23)19-25(35)28(22)36)12-14-33(6)27-20-29(2,21-34-15-17-37-18-16-34)9-10-30(27,3)11-13-32(26,33)5/h7-8,19,26-27,35-36H,9-18,20-21H2,1-6H3. The second-order valence-corrected chi connectivity index (χ2v) is 15.0. The van der Waals surface area contributed by atoms with Crippen LogP contribution in [0.1, 0.15) is 96.3 Å². The van der Waals surface area contributed by atoms with Gasteiger partial charge in [-0.1, -0.05) is 46.8 Å². The smallest absolute Gasteiger partial charge is 0.161 e. The lowest BCUT2D eigenvalue weighted by molar-refractivity contribution is -0.201. The van der Waals surface area contributed by atoms with Crippen molar-refractivity contribution in [3.05, 3.63) is 28.8 Å². The van der Waals surface area contributed by atoms with Crippen molar-refractivity contribution in [3.8, 4) is 11.5 Å². The number of aromatic hydroxyl groups is 2. The maximum Gasteiger partial charge on any atom is 0.161 e. The van der Waals surface area contributed by atoms with Crippen molar-refractivity contribution in [2.24, 2.45) is 33.5 Å². The van der Waals surface area contributed by atoms with E-state index in [1.807, 2.05) is 13.0 Å². The van der Waals surface area contributed by atoms with Crippen LogP contribution in [-0.4, -0.2) is 48.0 Å². The van der Waals surface area contributed by atoms with Crippen molar-refractivity contribution in [1.29, 1.82) is 0 Å². The fraction of sp³-hybridized carbons (Fsp3) is 0.758. The Kier molecular flexibility index (Phi) is 5.73. The number of benzene rings is 1. The Bertz CT molecular complexity index is 1120. The summed E-state index contributed by atoms with van der Waals surface area (Å²) in [7, 11) is 0. The quantitative estimate of drug-likeness (QED) is 0.421. The average molecular weight is 508 g/mol. The number of rotatable bonds is 2. The molecule has 4 nitrogen and oxygen atoms in total. The minimum atomic E-state index is -0.0200. The predicted octanol–water partition coefficient (Wildman–Crippen LogP) is 7.05. The summed E-state index contributed by atoms with van der Waals surface area (Å²) in [5, 5.41) is 21.1. The number of fused-ring (bicyclic) bond motifs is 7. The summed E-state index contributed by atoms with van der Waals surface area (Å²) in [6.07, 6.45) is 13.8. The highest BCUT2D eigenvalue weighted by molar-refractivity contribution is 5.69. The number of allylic oxidation sites excluding steroid dienone is 1. The molecule has 1 aromatic rings. The number of phenolic OH excluding ortho intramolecular Hbond substituents is 2. The molecule has 1 aromatic carbocycles. The lowest BCUT2D eigenvalue weighted by atomic mass is 9.33. The Hall–Kier alpha value is -1.52. The fourth-order valence-corrected chi connectivity index (χ4v) is 10.3. The molecule has 2 N–H and O–H groups in total. The summed E-state index contributed by atoms with van der Waals surface area (Å²) in [6, 6.07) is 1.88. The van der Waals surface area contributed by atoms with E-state index in [9.17, 15) is 10.2 Å². The zero-order valence-electron chi connectivity index (χ0n) is 24.1. The van der Waals surface area contributed by atoms with E-state index in [0.29, 0.717) is 16.7 Å². The molecule has 7 atom stereocenters. The Morgan fingerprint density at radius 3 is 2.32 bits per heavy atom. The first-order valence-corrected chi connectivity index (χ1v) is 14.9. The van der Waals surface area contributed by atoms with E-state index in [2.05, 4.69) is 51.7 Å². The van der Waals surface area contributed by atoms with E-state index >= 15 is 0 Å². The van der Waals surface area contributed by atoms with Gasteiger partial charge in [-0.25, -0.2) is 0 Å². The van der Waals surface area contributed by atoms with Crippen LogP contribution in [-0.2, 0) is 10.2 Å². The van der Waals surface area contributed by atoms with Gasteiger partial charge >= 0.3 is 0 Å². The summed E-state index contributed by atoms with van der Waals surface area (Å²) in [5.74, 6) is 1.24. The molecule has 3 saturated carbocycles. The van der Waals surface area contributed by atoms with E-state index in [-0.39, 0.29) is 27.7 Å². The molecule has 4 aliphatic carbocycles. The highest BCUT2D eigenvalue weighted by Gasteiger charge is 2.67. The summed E-state index contributed by atoms with van der Waals surface area (Å²) in [6.45, 7) is 20.0. The van der Waals surface area contributed by atoms with E-state index in [0.717, 1.165) is 49.8 Å². The summed E-state index contributed by atoms with van der Waals surface area (Å²) in [4.78, 5) is 2.67. The Labute approximate surface area is 224 Å². The van der Waals surface area contributed by atoms with Crippen molar-refractivity contribution in [3.63, 3.8) is 0 Å². The summed E-state index contributed by atoms with van der Waals surface area (Å²) >= 11 is 0. The minimum absolute atomic E-state index is 0.0200.